The maximum atomic E-state index is 11.8. The first kappa shape index (κ1) is 14.7. The molecule has 1 aromatic rings. The maximum absolute atomic E-state index is 11.8. The van der Waals surface area contributed by atoms with E-state index in [1.165, 1.54) is 0 Å². The average molecular weight is 309 g/mol. The summed E-state index contributed by atoms with van der Waals surface area (Å²) in [5.74, 6) is 0.421. The van der Waals surface area contributed by atoms with Gasteiger partial charge in [0.2, 0.25) is 0 Å². The molecule has 3 rings (SSSR count). The van der Waals surface area contributed by atoms with Crippen molar-refractivity contribution in [3.63, 3.8) is 0 Å². The van der Waals surface area contributed by atoms with Crippen LogP contribution < -0.4 is 10.6 Å². The highest BCUT2D eigenvalue weighted by atomic mass is 35.5. The summed E-state index contributed by atoms with van der Waals surface area (Å²) in [7, 11) is 1.62. The van der Waals surface area contributed by atoms with Gasteiger partial charge in [-0.2, -0.15) is 0 Å². The molecule has 1 aliphatic heterocycles. The number of amides is 1. The van der Waals surface area contributed by atoms with Gasteiger partial charge in [-0.25, -0.2) is 0 Å². The fraction of sp³-hybridized carbons (Fsp3) is 0.562. The number of halogens is 1. The first-order valence-corrected chi connectivity index (χ1v) is 7.72. The lowest BCUT2D eigenvalue weighted by Gasteiger charge is -2.55. The smallest absolute Gasteiger partial charge is 0.251 e. The van der Waals surface area contributed by atoms with Crippen LogP contribution in [0, 0.1) is 11.3 Å². The molecule has 2 N–H and O–H groups in total. The lowest BCUT2D eigenvalue weighted by atomic mass is 9.57. The Balaban J connectivity index is 1.83. The quantitative estimate of drug-likeness (QED) is 0.902. The number of rotatable bonds is 3. The first-order valence-electron chi connectivity index (χ1n) is 7.35. The van der Waals surface area contributed by atoms with E-state index in [1.807, 2.05) is 6.07 Å². The van der Waals surface area contributed by atoms with Crippen LogP contribution in [-0.4, -0.2) is 31.7 Å². The van der Waals surface area contributed by atoms with E-state index in [1.54, 1.807) is 19.2 Å². The normalized spacial score (nSPS) is 29.4. The molecule has 0 aromatic heterocycles. The van der Waals surface area contributed by atoms with E-state index < -0.39 is 0 Å². The van der Waals surface area contributed by atoms with Crippen molar-refractivity contribution in [1.29, 1.82) is 0 Å². The van der Waals surface area contributed by atoms with Gasteiger partial charge in [0.1, 0.15) is 0 Å². The van der Waals surface area contributed by atoms with Crippen LogP contribution in [0.15, 0.2) is 18.2 Å². The Bertz CT molecular complexity index is 573. The Hall–Kier alpha value is -1.26. The van der Waals surface area contributed by atoms with E-state index in [4.69, 9.17) is 16.3 Å². The highest BCUT2D eigenvalue weighted by Gasteiger charge is 2.59. The fourth-order valence-electron chi connectivity index (χ4n) is 3.71. The summed E-state index contributed by atoms with van der Waals surface area (Å²) in [4.78, 5) is 11.8. The van der Waals surface area contributed by atoms with E-state index in [2.05, 4.69) is 24.5 Å². The Morgan fingerprint density at radius 2 is 2.19 bits per heavy atom. The zero-order valence-corrected chi connectivity index (χ0v) is 13.3. The molecular formula is C16H21ClN2O2. The fourth-order valence-corrected chi connectivity index (χ4v) is 3.88. The standard InChI is InChI=1S/C16H21ClN2O2/c1-16(2)13(10-6-7-21-14(10)16)19-12-8-9(15(20)18-3)4-5-11(12)17/h4-5,8,10,13-14,19H,6-7H2,1-3H3,(H,18,20). The van der Waals surface area contributed by atoms with Crippen LogP contribution in [0.1, 0.15) is 30.6 Å². The molecule has 114 valence electrons. The molecule has 4 nitrogen and oxygen atoms in total. The average Bonchev–Trinajstić information content (AvgIpc) is 2.92. The highest BCUT2D eigenvalue weighted by molar-refractivity contribution is 6.33. The summed E-state index contributed by atoms with van der Waals surface area (Å²) < 4.78 is 5.81. The SMILES string of the molecule is CNC(=O)c1ccc(Cl)c(NC2C3CCOC3C2(C)C)c1. The van der Waals surface area contributed by atoms with Gasteiger partial charge in [0.15, 0.2) is 0 Å². The van der Waals surface area contributed by atoms with Crippen molar-refractivity contribution in [2.45, 2.75) is 32.4 Å². The maximum Gasteiger partial charge on any atom is 0.251 e. The molecule has 5 heteroatoms. The van der Waals surface area contributed by atoms with Crippen LogP contribution >= 0.6 is 11.6 Å². The van der Waals surface area contributed by atoms with Gasteiger partial charge in [-0.3, -0.25) is 4.79 Å². The van der Waals surface area contributed by atoms with Crippen LogP contribution in [0.25, 0.3) is 0 Å². The lowest BCUT2D eigenvalue weighted by Crippen LogP contribution is -2.63. The number of hydrogen-bond donors (Lipinski definition) is 2. The van der Waals surface area contributed by atoms with Crippen molar-refractivity contribution in [2.24, 2.45) is 11.3 Å². The van der Waals surface area contributed by atoms with Crippen molar-refractivity contribution in [2.75, 3.05) is 19.0 Å². The molecule has 1 heterocycles. The highest BCUT2D eigenvalue weighted by Crippen LogP contribution is 2.53. The van der Waals surface area contributed by atoms with Crippen LogP contribution in [0.5, 0.6) is 0 Å². The lowest BCUT2D eigenvalue weighted by molar-refractivity contribution is -0.0923. The summed E-state index contributed by atoms with van der Waals surface area (Å²) in [6, 6.07) is 5.64. The molecule has 0 spiro atoms. The predicted molar refractivity (Wildman–Crippen MR) is 83.9 cm³/mol. The summed E-state index contributed by atoms with van der Waals surface area (Å²) in [5.41, 5.74) is 1.51. The van der Waals surface area contributed by atoms with Gasteiger partial charge in [0.25, 0.3) is 5.91 Å². The van der Waals surface area contributed by atoms with E-state index in [-0.39, 0.29) is 11.3 Å². The first-order chi connectivity index (χ1) is 9.95. The van der Waals surface area contributed by atoms with Gasteiger partial charge >= 0.3 is 0 Å². The Kier molecular flexibility index (Phi) is 3.62. The second-order valence-corrected chi connectivity index (χ2v) is 6.87. The molecule has 1 saturated heterocycles. The van der Waals surface area contributed by atoms with Crippen LogP contribution in [-0.2, 0) is 4.74 Å². The van der Waals surface area contributed by atoms with E-state index in [9.17, 15) is 4.79 Å². The molecule has 0 bridgehead atoms. The van der Waals surface area contributed by atoms with Gasteiger partial charge in [-0.05, 0) is 24.6 Å². The number of ether oxygens (including phenoxy) is 1. The minimum Gasteiger partial charge on any atom is -0.380 e. The van der Waals surface area contributed by atoms with Gasteiger partial charge in [-0.1, -0.05) is 25.4 Å². The van der Waals surface area contributed by atoms with Gasteiger partial charge in [0, 0.05) is 36.6 Å². The molecule has 2 fully saturated rings. The third-order valence-corrected chi connectivity index (χ3v) is 5.20. The summed E-state index contributed by atoms with van der Waals surface area (Å²) in [6.45, 7) is 5.27. The number of carbonyl (C=O) groups is 1. The number of fused-ring (bicyclic) bond motifs is 1. The molecule has 0 radical (unpaired) electrons. The van der Waals surface area contributed by atoms with Gasteiger partial charge < -0.3 is 15.4 Å². The van der Waals surface area contributed by atoms with Crippen LogP contribution in [0.4, 0.5) is 5.69 Å². The van der Waals surface area contributed by atoms with Crippen molar-refractivity contribution in [3.8, 4) is 0 Å². The summed E-state index contributed by atoms with van der Waals surface area (Å²) in [5, 5.41) is 6.81. The second-order valence-electron chi connectivity index (χ2n) is 6.46. The van der Waals surface area contributed by atoms with E-state index in [0.717, 1.165) is 18.7 Å². The van der Waals surface area contributed by atoms with E-state index in [0.29, 0.717) is 28.6 Å². The minimum absolute atomic E-state index is 0.0769. The number of hydrogen-bond acceptors (Lipinski definition) is 3. The van der Waals surface area contributed by atoms with Crippen LogP contribution in [0.3, 0.4) is 0 Å². The third kappa shape index (κ3) is 2.30. The van der Waals surface area contributed by atoms with Crippen LogP contribution in [0.2, 0.25) is 5.02 Å². The van der Waals surface area contributed by atoms with Crippen molar-refractivity contribution >= 4 is 23.2 Å². The molecule has 3 atom stereocenters. The topological polar surface area (TPSA) is 50.4 Å². The zero-order chi connectivity index (χ0) is 15.2. The summed E-state index contributed by atoms with van der Waals surface area (Å²) in [6.07, 6.45) is 1.41. The molecule has 1 aromatic carbocycles. The van der Waals surface area contributed by atoms with Crippen molar-refractivity contribution < 1.29 is 9.53 Å². The number of nitrogens with one attached hydrogen (secondary N) is 2. The molecule has 21 heavy (non-hydrogen) atoms. The van der Waals surface area contributed by atoms with Crippen molar-refractivity contribution in [3.05, 3.63) is 28.8 Å². The number of benzene rings is 1. The number of anilines is 1. The minimum atomic E-state index is -0.107. The Morgan fingerprint density at radius 1 is 1.43 bits per heavy atom. The molecule has 2 aliphatic rings. The molecule has 1 amide bonds. The Morgan fingerprint density at radius 3 is 2.90 bits per heavy atom. The third-order valence-electron chi connectivity index (χ3n) is 4.87. The van der Waals surface area contributed by atoms with E-state index >= 15 is 0 Å². The second kappa shape index (κ2) is 5.18. The molecular weight excluding hydrogens is 288 g/mol. The monoisotopic (exact) mass is 308 g/mol. The largest absolute Gasteiger partial charge is 0.380 e. The predicted octanol–water partition coefficient (Wildman–Crippen LogP) is 2.93. The number of carbonyl (C=O) groups excluding carboxylic acids is 1. The molecule has 1 saturated carbocycles. The zero-order valence-electron chi connectivity index (χ0n) is 12.6. The van der Waals surface area contributed by atoms with Gasteiger partial charge in [0.05, 0.1) is 16.8 Å². The Labute approximate surface area is 130 Å². The molecule has 1 aliphatic carbocycles. The van der Waals surface area contributed by atoms with Gasteiger partial charge in [-0.15, -0.1) is 0 Å². The molecule has 3 unspecified atom stereocenters. The summed E-state index contributed by atoms with van der Waals surface area (Å²) >= 11 is 6.28. The van der Waals surface area contributed by atoms with Crippen molar-refractivity contribution in [1.82, 2.24) is 5.32 Å².